The van der Waals surface area contributed by atoms with Crippen molar-refractivity contribution in [2.24, 2.45) is 0 Å². The van der Waals surface area contributed by atoms with Gasteiger partial charge in [0.25, 0.3) is 5.69 Å². The highest BCUT2D eigenvalue weighted by molar-refractivity contribution is 6.05. The lowest BCUT2D eigenvalue weighted by molar-refractivity contribution is -0.384. The number of hydrogen-bond acceptors (Lipinski definition) is 6. The van der Waals surface area contributed by atoms with Crippen molar-refractivity contribution in [3.63, 3.8) is 0 Å². The Balaban J connectivity index is 1.41. The van der Waals surface area contributed by atoms with Crippen molar-refractivity contribution in [2.75, 3.05) is 7.11 Å². The zero-order valence-electron chi connectivity index (χ0n) is 17.2. The fraction of sp³-hybridized carbons (Fsp3) is 0.0800. The van der Waals surface area contributed by atoms with Gasteiger partial charge in [0.2, 0.25) is 0 Å². The lowest BCUT2D eigenvalue weighted by Crippen LogP contribution is -1.97. The molecule has 32 heavy (non-hydrogen) atoms. The molecule has 3 aromatic rings. The van der Waals surface area contributed by atoms with Crippen LogP contribution in [0.25, 0.3) is 11.8 Å². The predicted octanol–water partition coefficient (Wildman–Crippen LogP) is 5.16. The summed E-state index contributed by atoms with van der Waals surface area (Å²) in [5.74, 6) is 1.46. The van der Waals surface area contributed by atoms with Gasteiger partial charge in [0, 0.05) is 17.7 Å². The van der Waals surface area contributed by atoms with E-state index in [0.717, 1.165) is 22.4 Å². The summed E-state index contributed by atoms with van der Waals surface area (Å²) >= 11 is 0. The molecule has 0 saturated heterocycles. The molecule has 1 aliphatic rings. The van der Waals surface area contributed by atoms with E-state index >= 15 is 0 Å². The van der Waals surface area contributed by atoms with E-state index in [1.54, 1.807) is 55.7 Å². The molecule has 0 aliphatic carbocycles. The molecule has 0 N–H and O–H groups in total. The van der Waals surface area contributed by atoms with Crippen LogP contribution in [-0.2, 0) is 16.1 Å². The normalized spacial score (nSPS) is 14.1. The van der Waals surface area contributed by atoms with Crippen molar-refractivity contribution >= 4 is 23.5 Å². The summed E-state index contributed by atoms with van der Waals surface area (Å²) in [4.78, 5) is 22.5. The fourth-order valence-electron chi connectivity index (χ4n) is 3.11. The van der Waals surface area contributed by atoms with E-state index in [1.807, 2.05) is 24.3 Å². The molecule has 1 aliphatic heterocycles. The summed E-state index contributed by atoms with van der Waals surface area (Å²) in [5, 5.41) is 10.7. The Morgan fingerprint density at radius 3 is 2.22 bits per heavy atom. The second-order valence-corrected chi connectivity index (χ2v) is 7.01. The molecule has 1 heterocycles. The van der Waals surface area contributed by atoms with Crippen LogP contribution >= 0.6 is 0 Å². The van der Waals surface area contributed by atoms with Crippen molar-refractivity contribution < 1.29 is 23.9 Å². The van der Waals surface area contributed by atoms with Gasteiger partial charge in [-0.3, -0.25) is 10.1 Å². The number of ether oxygens (including phenoxy) is 3. The van der Waals surface area contributed by atoms with E-state index < -0.39 is 10.9 Å². The Morgan fingerprint density at radius 1 is 0.938 bits per heavy atom. The number of hydrogen-bond donors (Lipinski definition) is 0. The maximum Gasteiger partial charge on any atom is 0.343 e. The molecule has 7 heteroatoms. The number of non-ortho nitro benzene ring substituents is 1. The molecule has 4 rings (SSSR count). The largest absolute Gasteiger partial charge is 0.497 e. The summed E-state index contributed by atoms with van der Waals surface area (Å²) in [7, 11) is 1.59. The second kappa shape index (κ2) is 9.18. The first-order valence-corrected chi connectivity index (χ1v) is 9.78. The zero-order chi connectivity index (χ0) is 22.5. The minimum Gasteiger partial charge on any atom is -0.497 e. The molecule has 7 nitrogen and oxygen atoms in total. The fourth-order valence-corrected chi connectivity index (χ4v) is 3.11. The van der Waals surface area contributed by atoms with E-state index in [9.17, 15) is 14.9 Å². The van der Waals surface area contributed by atoms with Crippen LogP contribution in [0.1, 0.15) is 16.7 Å². The van der Waals surface area contributed by atoms with E-state index in [2.05, 4.69) is 0 Å². The van der Waals surface area contributed by atoms with Crippen LogP contribution in [0.4, 0.5) is 5.69 Å². The minimum atomic E-state index is -0.437. The molecule has 3 aromatic carbocycles. The third kappa shape index (κ3) is 4.84. The van der Waals surface area contributed by atoms with Crippen LogP contribution < -0.4 is 9.47 Å². The molecule has 0 atom stereocenters. The Bertz CT molecular complexity index is 1190. The average molecular weight is 429 g/mol. The first kappa shape index (κ1) is 20.9. The molecular weight excluding hydrogens is 410 g/mol. The van der Waals surface area contributed by atoms with E-state index in [0.29, 0.717) is 23.7 Å². The van der Waals surface area contributed by atoms with Crippen LogP contribution in [0.5, 0.6) is 11.5 Å². The molecule has 0 fully saturated rings. The lowest BCUT2D eigenvalue weighted by Gasteiger charge is -2.06. The Labute approximate surface area is 184 Å². The number of carbonyl (C=O) groups is 1. The first-order chi connectivity index (χ1) is 15.5. The summed E-state index contributed by atoms with van der Waals surface area (Å²) < 4.78 is 16.3. The van der Waals surface area contributed by atoms with Crippen LogP contribution in [-0.4, -0.2) is 18.0 Å². The van der Waals surface area contributed by atoms with Gasteiger partial charge in [-0.1, -0.05) is 12.1 Å². The van der Waals surface area contributed by atoms with Gasteiger partial charge < -0.3 is 14.2 Å². The molecular formula is C25H19NO6. The highest BCUT2D eigenvalue weighted by Gasteiger charge is 2.22. The van der Waals surface area contributed by atoms with Gasteiger partial charge >= 0.3 is 5.97 Å². The van der Waals surface area contributed by atoms with Gasteiger partial charge in [-0.2, -0.15) is 0 Å². The van der Waals surface area contributed by atoms with Gasteiger partial charge in [-0.15, -0.1) is 0 Å². The summed E-state index contributed by atoms with van der Waals surface area (Å²) in [6.07, 6.45) is 3.46. The first-order valence-electron chi connectivity index (χ1n) is 9.78. The quantitative estimate of drug-likeness (QED) is 0.223. The van der Waals surface area contributed by atoms with Crippen molar-refractivity contribution in [1.29, 1.82) is 0 Å². The van der Waals surface area contributed by atoms with Crippen molar-refractivity contribution in [2.45, 2.75) is 6.61 Å². The van der Waals surface area contributed by atoms with Crippen molar-refractivity contribution in [3.8, 4) is 11.5 Å². The molecule has 0 bridgehead atoms. The van der Waals surface area contributed by atoms with Crippen LogP contribution in [0.2, 0.25) is 0 Å². The highest BCUT2D eigenvalue weighted by atomic mass is 16.6. The standard InChI is InChI=1S/C25H19NO6/c1-30-22-12-6-19(7-13-22)24-15-20(25(27)32-24)14-17-4-10-23(11-5-17)31-16-18-2-8-21(9-3-18)26(28)29/h2-15H,16H2,1H3. The number of carbonyl (C=O) groups excluding carboxylic acids is 1. The Hall–Kier alpha value is -4.39. The number of cyclic esters (lactones) is 1. The third-order valence-corrected chi connectivity index (χ3v) is 4.85. The summed E-state index contributed by atoms with van der Waals surface area (Å²) in [6.45, 7) is 0.290. The number of methoxy groups -OCH3 is 1. The third-order valence-electron chi connectivity index (χ3n) is 4.85. The molecule has 0 unspecified atom stereocenters. The number of nitro groups is 1. The maximum atomic E-state index is 12.2. The highest BCUT2D eigenvalue weighted by Crippen LogP contribution is 2.29. The Kier molecular flexibility index (Phi) is 5.98. The number of nitrogens with zero attached hydrogens (tertiary/aromatic N) is 1. The lowest BCUT2D eigenvalue weighted by atomic mass is 10.1. The van der Waals surface area contributed by atoms with Gasteiger partial charge in [-0.25, -0.2) is 4.79 Å². The van der Waals surface area contributed by atoms with Crippen LogP contribution in [0, 0.1) is 10.1 Å². The van der Waals surface area contributed by atoms with Crippen LogP contribution in [0.15, 0.2) is 84.4 Å². The molecule has 0 saturated carbocycles. The average Bonchev–Trinajstić information content (AvgIpc) is 3.19. The maximum absolute atomic E-state index is 12.2. The van der Waals surface area contributed by atoms with Crippen molar-refractivity contribution in [1.82, 2.24) is 0 Å². The molecule has 0 aromatic heterocycles. The molecule has 0 spiro atoms. The van der Waals surface area contributed by atoms with E-state index in [-0.39, 0.29) is 5.69 Å². The van der Waals surface area contributed by atoms with Gasteiger partial charge in [0.1, 0.15) is 23.9 Å². The summed E-state index contributed by atoms with van der Waals surface area (Å²) in [5.41, 5.74) is 2.94. The molecule has 160 valence electrons. The minimum absolute atomic E-state index is 0.0424. The zero-order valence-corrected chi connectivity index (χ0v) is 17.2. The smallest absolute Gasteiger partial charge is 0.343 e. The molecule has 0 amide bonds. The summed E-state index contributed by atoms with van der Waals surface area (Å²) in [6, 6.07) is 20.8. The Morgan fingerprint density at radius 2 is 1.59 bits per heavy atom. The molecule has 0 radical (unpaired) electrons. The van der Waals surface area contributed by atoms with E-state index in [1.165, 1.54) is 12.1 Å². The second-order valence-electron chi connectivity index (χ2n) is 7.01. The number of benzene rings is 3. The van der Waals surface area contributed by atoms with E-state index in [4.69, 9.17) is 14.2 Å². The van der Waals surface area contributed by atoms with Crippen LogP contribution in [0.3, 0.4) is 0 Å². The predicted molar refractivity (Wildman–Crippen MR) is 119 cm³/mol. The number of rotatable bonds is 7. The van der Waals surface area contributed by atoms with Gasteiger partial charge in [-0.05, 0) is 71.8 Å². The SMILES string of the molecule is COc1ccc(C2=CC(=Cc3ccc(OCc4ccc([N+](=O)[O-])cc4)cc3)C(=O)O2)cc1. The topological polar surface area (TPSA) is 87.9 Å². The van der Waals surface area contributed by atoms with Gasteiger partial charge in [0.05, 0.1) is 17.6 Å². The van der Waals surface area contributed by atoms with Gasteiger partial charge in [0.15, 0.2) is 0 Å². The van der Waals surface area contributed by atoms with Crippen molar-refractivity contribution in [3.05, 3.63) is 111 Å². The monoisotopic (exact) mass is 429 g/mol. The number of nitro benzene ring substituents is 1. The number of esters is 1.